The second-order valence-electron chi connectivity index (χ2n) is 7.01. The quantitative estimate of drug-likeness (QED) is 0.326. The maximum absolute atomic E-state index is 3.26. The molecule has 0 nitrogen and oxygen atoms in total. The maximum Gasteiger partial charge on any atom is 0.0255 e. The monoisotopic (exact) mass is 356 g/mol. The summed E-state index contributed by atoms with van der Waals surface area (Å²) in [6.45, 7) is 4.17. The number of fused-ring (bicyclic) bond motifs is 1. The first-order valence-electron chi connectivity index (χ1n) is 9.37. The predicted molar refractivity (Wildman–Crippen MR) is 118 cm³/mol. The molecule has 0 bridgehead atoms. The van der Waals surface area contributed by atoms with Crippen molar-refractivity contribution in [1.82, 2.24) is 0 Å². The van der Waals surface area contributed by atoms with Crippen LogP contribution >= 0.6 is 0 Å². The molecule has 0 unspecified atom stereocenters. The molecule has 0 saturated carbocycles. The highest BCUT2D eigenvalue weighted by Gasteiger charge is 1.97. The van der Waals surface area contributed by atoms with Crippen molar-refractivity contribution in [2.75, 3.05) is 0 Å². The van der Waals surface area contributed by atoms with Crippen LogP contribution in [0.3, 0.4) is 0 Å². The Morgan fingerprint density at radius 3 is 1.11 bits per heavy atom. The van der Waals surface area contributed by atoms with Gasteiger partial charge in [-0.2, -0.15) is 0 Å². The van der Waals surface area contributed by atoms with Crippen molar-refractivity contribution < 1.29 is 0 Å². The Labute approximate surface area is 166 Å². The Hall–Kier alpha value is -3.74. The van der Waals surface area contributed by atoms with Crippen molar-refractivity contribution in [3.8, 4) is 23.7 Å². The van der Waals surface area contributed by atoms with E-state index in [1.807, 2.05) is 0 Å². The van der Waals surface area contributed by atoms with E-state index < -0.39 is 0 Å². The van der Waals surface area contributed by atoms with Gasteiger partial charge in [0.25, 0.3) is 0 Å². The van der Waals surface area contributed by atoms with E-state index >= 15 is 0 Å². The van der Waals surface area contributed by atoms with Crippen LogP contribution in [0, 0.1) is 37.5 Å². The molecule has 0 heteroatoms. The highest BCUT2D eigenvalue weighted by Crippen LogP contribution is 2.18. The van der Waals surface area contributed by atoms with E-state index in [0.717, 1.165) is 22.3 Å². The van der Waals surface area contributed by atoms with Gasteiger partial charge >= 0.3 is 0 Å². The Morgan fingerprint density at radius 1 is 0.393 bits per heavy atom. The first-order valence-corrected chi connectivity index (χ1v) is 9.37. The van der Waals surface area contributed by atoms with Crippen LogP contribution in [-0.2, 0) is 0 Å². The average Bonchev–Trinajstić information content (AvgIpc) is 2.73. The molecule has 0 aromatic heterocycles. The minimum atomic E-state index is 1.02. The van der Waals surface area contributed by atoms with E-state index in [0.29, 0.717) is 0 Å². The summed E-state index contributed by atoms with van der Waals surface area (Å²) in [4.78, 5) is 0. The number of aryl methyl sites for hydroxylation is 2. The van der Waals surface area contributed by atoms with Crippen molar-refractivity contribution in [2.24, 2.45) is 0 Å². The lowest BCUT2D eigenvalue weighted by Crippen LogP contribution is -1.81. The molecular weight excluding hydrogens is 336 g/mol. The molecular formula is C28H20. The topological polar surface area (TPSA) is 0 Å². The third kappa shape index (κ3) is 4.32. The third-order valence-corrected chi connectivity index (χ3v) is 4.65. The summed E-state index contributed by atoms with van der Waals surface area (Å²) >= 11 is 0. The van der Waals surface area contributed by atoms with Gasteiger partial charge in [0.05, 0.1) is 0 Å². The van der Waals surface area contributed by atoms with Crippen molar-refractivity contribution in [3.63, 3.8) is 0 Å². The van der Waals surface area contributed by atoms with Crippen LogP contribution in [0.2, 0.25) is 0 Å². The summed E-state index contributed by atoms with van der Waals surface area (Å²) in [6, 6.07) is 29.2. The fraction of sp³-hybridized carbons (Fsp3) is 0.0714. The summed E-state index contributed by atoms with van der Waals surface area (Å²) in [7, 11) is 0. The normalized spacial score (nSPS) is 9.93. The minimum Gasteiger partial charge on any atom is -0.0617 e. The molecule has 0 amide bonds. The molecule has 4 aromatic rings. The largest absolute Gasteiger partial charge is 0.0617 e. The average molecular weight is 356 g/mol. The smallest absolute Gasteiger partial charge is 0.0255 e. The number of hydrogen-bond donors (Lipinski definition) is 0. The van der Waals surface area contributed by atoms with Crippen molar-refractivity contribution in [2.45, 2.75) is 13.8 Å². The van der Waals surface area contributed by atoms with E-state index in [-0.39, 0.29) is 0 Å². The van der Waals surface area contributed by atoms with Crippen LogP contribution in [-0.4, -0.2) is 0 Å². The molecule has 4 aromatic carbocycles. The van der Waals surface area contributed by atoms with Gasteiger partial charge in [-0.15, -0.1) is 0 Å². The van der Waals surface area contributed by atoms with Gasteiger partial charge in [-0.05, 0) is 73.2 Å². The zero-order chi connectivity index (χ0) is 19.3. The second-order valence-corrected chi connectivity index (χ2v) is 7.01. The zero-order valence-corrected chi connectivity index (χ0v) is 16.1. The van der Waals surface area contributed by atoms with E-state index in [1.54, 1.807) is 0 Å². The molecule has 0 fully saturated rings. The van der Waals surface area contributed by atoms with Crippen molar-refractivity contribution in [3.05, 3.63) is 118 Å². The molecule has 0 aliphatic rings. The Bertz CT molecular complexity index is 1150. The molecule has 0 heterocycles. The minimum absolute atomic E-state index is 1.02. The van der Waals surface area contributed by atoms with Gasteiger partial charge in [-0.1, -0.05) is 71.2 Å². The molecule has 28 heavy (non-hydrogen) atoms. The van der Waals surface area contributed by atoms with E-state index in [2.05, 4.69) is 122 Å². The van der Waals surface area contributed by atoms with Crippen LogP contribution in [0.4, 0.5) is 0 Å². The Balaban J connectivity index is 1.58. The fourth-order valence-corrected chi connectivity index (χ4v) is 2.96. The summed E-state index contributed by atoms with van der Waals surface area (Å²) < 4.78 is 0. The van der Waals surface area contributed by atoms with Gasteiger partial charge in [0.2, 0.25) is 0 Å². The predicted octanol–water partition coefficient (Wildman–Crippen LogP) is 6.26. The van der Waals surface area contributed by atoms with Gasteiger partial charge < -0.3 is 0 Å². The number of benzene rings is 4. The van der Waals surface area contributed by atoms with Gasteiger partial charge in [0, 0.05) is 22.3 Å². The molecule has 0 N–H and O–H groups in total. The summed E-state index contributed by atoms with van der Waals surface area (Å²) in [5.41, 5.74) is 6.60. The van der Waals surface area contributed by atoms with Crippen LogP contribution < -0.4 is 0 Å². The molecule has 4 rings (SSSR count). The molecule has 0 aliphatic carbocycles. The number of rotatable bonds is 0. The standard InChI is InChI=1S/C28H20/c1-21-3-7-23(8-4-21)11-13-25-15-17-28-20-26(16-18-27(28)19-25)14-12-24-9-5-22(2)6-10-24/h3-10,15-20H,1-2H3. The SMILES string of the molecule is Cc1ccc(C#Cc2ccc3cc(C#Cc4ccc(C)cc4)ccc3c2)cc1. The first kappa shape index (κ1) is 17.7. The second kappa shape index (κ2) is 7.87. The van der Waals surface area contributed by atoms with Gasteiger partial charge in [0.15, 0.2) is 0 Å². The third-order valence-electron chi connectivity index (χ3n) is 4.65. The Morgan fingerprint density at radius 2 is 0.714 bits per heavy atom. The lowest BCUT2D eigenvalue weighted by atomic mass is 10.0. The maximum atomic E-state index is 3.26. The highest BCUT2D eigenvalue weighted by atomic mass is 14.0. The van der Waals surface area contributed by atoms with E-state index in [9.17, 15) is 0 Å². The first-order chi connectivity index (χ1) is 13.7. The zero-order valence-electron chi connectivity index (χ0n) is 16.1. The number of hydrogen-bond acceptors (Lipinski definition) is 0. The van der Waals surface area contributed by atoms with Crippen LogP contribution in [0.15, 0.2) is 84.9 Å². The van der Waals surface area contributed by atoms with Crippen LogP contribution in [0.1, 0.15) is 33.4 Å². The van der Waals surface area contributed by atoms with Crippen LogP contribution in [0.25, 0.3) is 10.8 Å². The lowest BCUT2D eigenvalue weighted by Gasteiger charge is -2.00. The van der Waals surface area contributed by atoms with Gasteiger partial charge in [-0.25, -0.2) is 0 Å². The van der Waals surface area contributed by atoms with E-state index in [1.165, 1.54) is 21.9 Å². The lowest BCUT2D eigenvalue weighted by molar-refractivity contribution is 1.46. The van der Waals surface area contributed by atoms with E-state index in [4.69, 9.17) is 0 Å². The fourth-order valence-electron chi connectivity index (χ4n) is 2.96. The molecule has 0 aliphatic heterocycles. The van der Waals surface area contributed by atoms with Crippen molar-refractivity contribution in [1.29, 1.82) is 0 Å². The molecule has 0 atom stereocenters. The molecule has 132 valence electrons. The molecule has 0 saturated heterocycles. The highest BCUT2D eigenvalue weighted by molar-refractivity contribution is 5.85. The summed E-state index contributed by atoms with van der Waals surface area (Å²) in [5.74, 6) is 13.0. The summed E-state index contributed by atoms with van der Waals surface area (Å²) in [5, 5.41) is 2.35. The van der Waals surface area contributed by atoms with Gasteiger partial charge in [0.1, 0.15) is 0 Å². The molecule has 0 spiro atoms. The van der Waals surface area contributed by atoms with Crippen molar-refractivity contribution >= 4 is 10.8 Å². The molecule has 0 radical (unpaired) electrons. The Kier molecular flexibility index (Phi) is 4.97. The summed E-state index contributed by atoms with van der Waals surface area (Å²) in [6.07, 6.45) is 0. The van der Waals surface area contributed by atoms with Gasteiger partial charge in [-0.3, -0.25) is 0 Å². The van der Waals surface area contributed by atoms with Crippen LogP contribution in [0.5, 0.6) is 0 Å².